The lowest BCUT2D eigenvalue weighted by Crippen LogP contribution is -2.18. The molecule has 0 spiro atoms. The van der Waals surface area contributed by atoms with E-state index in [2.05, 4.69) is 20.7 Å². The summed E-state index contributed by atoms with van der Waals surface area (Å²) in [6, 6.07) is 10.8. The van der Waals surface area contributed by atoms with E-state index in [0.29, 0.717) is 21.3 Å². The molecule has 0 saturated carbocycles. The zero-order valence-electron chi connectivity index (χ0n) is 12.9. The number of carbonyl (C=O) groups excluding carboxylic acids is 1. The number of amides is 1. The highest BCUT2D eigenvalue weighted by molar-refractivity contribution is 6.42. The summed E-state index contributed by atoms with van der Waals surface area (Å²) in [5.74, 6) is -1.09. The standard InChI is InChI=1S/C17H10Cl3FN4O/c18-11-2-1-3-14(21)10(11)8-22-25-17(26)16-7-15(23-24-16)9-4-5-12(19)13(20)6-9/h1-8H,(H,23,24)(H,25,26). The Kier molecular flexibility index (Phi) is 5.56. The summed E-state index contributed by atoms with van der Waals surface area (Å²) < 4.78 is 13.6. The Morgan fingerprint density at radius 1 is 1.12 bits per heavy atom. The molecule has 132 valence electrons. The van der Waals surface area contributed by atoms with Crippen LogP contribution in [0.25, 0.3) is 11.3 Å². The van der Waals surface area contributed by atoms with E-state index in [1.165, 1.54) is 24.3 Å². The molecule has 3 aromatic rings. The molecular weight excluding hydrogens is 402 g/mol. The fourth-order valence-electron chi connectivity index (χ4n) is 2.09. The summed E-state index contributed by atoms with van der Waals surface area (Å²) >= 11 is 17.7. The Morgan fingerprint density at radius 2 is 1.92 bits per heavy atom. The van der Waals surface area contributed by atoms with Crippen molar-refractivity contribution in [3.8, 4) is 11.3 Å². The summed E-state index contributed by atoms with van der Waals surface area (Å²) in [7, 11) is 0. The molecule has 0 saturated heterocycles. The number of halogens is 4. The van der Waals surface area contributed by atoms with Gasteiger partial charge in [0.05, 0.1) is 27.0 Å². The number of aromatic amines is 1. The van der Waals surface area contributed by atoms with Crippen molar-refractivity contribution in [3.05, 3.63) is 74.6 Å². The van der Waals surface area contributed by atoms with Crippen LogP contribution in [-0.4, -0.2) is 22.3 Å². The number of nitrogens with one attached hydrogen (secondary N) is 2. The van der Waals surface area contributed by atoms with Crippen molar-refractivity contribution in [3.63, 3.8) is 0 Å². The minimum absolute atomic E-state index is 0.0792. The number of hydrazone groups is 1. The Morgan fingerprint density at radius 3 is 2.65 bits per heavy atom. The van der Waals surface area contributed by atoms with Gasteiger partial charge in [-0.1, -0.05) is 46.9 Å². The lowest BCUT2D eigenvalue weighted by molar-refractivity contribution is 0.0950. The average Bonchev–Trinajstić information content (AvgIpc) is 3.10. The second kappa shape index (κ2) is 7.86. The molecule has 0 unspecified atom stereocenters. The molecule has 0 atom stereocenters. The Hall–Kier alpha value is -2.41. The smallest absolute Gasteiger partial charge is 0.272 e. The third-order valence-corrected chi connectivity index (χ3v) is 4.47. The maximum atomic E-state index is 13.6. The van der Waals surface area contributed by atoms with Crippen LogP contribution in [0.2, 0.25) is 15.1 Å². The molecule has 2 N–H and O–H groups in total. The van der Waals surface area contributed by atoms with Crippen LogP contribution in [0.4, 0.5) is 4.39 Å². The second-order valence-electron chi connectivity index (χ2n) is 5.13. The minimum Gasteiger partial charge on any atom is -0.272 e. The van der Waals surface area contributed by atoms with Crippen LogP contribution in [0.15, 0.2) is 47.6 Å². The summed E-state index contributed by atoms with van der Waals surface area (Å²) in [4.78, 5) is 12.1. The largest absolute Gasteiger partial charge is 0.289 e. The number of rotatable bonds is 4. The van der Waals surface area contributed by atoms with E-state index in [4.69, 9.17) is 34.8 Å². The van der Waals surface area contributed by atoms with Crippen molar-refractivity contribution in [1.29, 1.82) is 0 Å². The van der Waals surface area contributed by atoms with E-state index in [9.17, 15) is 9.18 Å². The van der Waals surface area contributed by atoms with Gasteiger partial charge < -0.3 is 0 Å². The van der Waals surface area contributed by atoms with Crippen LogP contribution in [-0.2, 0) is 0 Å². The van der Waals surface area contributed by atoms with Crippen LogP contribution in [0.5, 0.6) is 0 Å². The maximum absolute atomic E-state index is 13.6. The molecule has 1 amide bonds. The van der Waals surface area contributed by atoms with Crippen molar-refractivity contribution in [1.82, 2.24) is 15.6 Å². The molecule has 0 aliphatic carbocycles. The zero-order valence-corrected chi connectivity index (χ0v) is 15.2. The fraction of sp³-hybridized carbons (Fsp3) is 0. The van der Waals surface area contributed by atoms with Crippen LogP contribution < -0.4 is 5.43 Å². The molecule has 9 heteroatoms. The summed E-state index contributed by atoms with van der Waals surface area (Å²) in [5.41, 5.74) is 3.72. The Labute approximate surface area is 162 Å². The molecule has 0 aliphatic rings. The first kappa shape index (κ1) is 18.4. The molecule has 0 radical (unpaired) electrons. The summed E-state index contributed by atoms with van der Waals surface area (Å²) in [5, 5.41) is 11.3. The predicted molar refractivity (Wildman–Crippen MR) is 101 cm³/mol. The van der Waals surface area contributed by atoms with Gasteiger partial charge in [0.15, 0.2) is 0 Å². The van der Waals surface area contributed by atoms with Gasteiger partial charge >= 0.3 is 0 Å². The van der Waals surface area contributed by atoms with Crippen molar-refractivity contribution in [2.24, 2.45) is 5.10 Å². The zero-order chi connectivity index (χ0) is 18.7. The second-order valence-corrected chi connectivity index (χ2v) is 6.35. The lowest BCUT2D eigenvalue weighted by Gasteiger charge is -2.00. The van der Waals surface area contributed by atoms with Crippen LogP contribution in [0.1, 0.15) is 16.1 Å². The number of H-pyrrole nitrogens is 1. The van der Waals surface area contributed by atoms with Gasteiger partial charge in [-0.15, -0.1) is 0 Å². The van der Waals surface area contributed by atoms with E-state index in [1.807, 2.05) is 0 Å². The van der Waals surface area contributed by atoms with Crippen molar-refractivity contribution in [2.45, 2.75) is 0 Å². The molecular formula is C17H10Cl3FN4O. The van der Waals surface area contributed by atoms with Crippen LogP contribution in [0, 0.1) is 5.82 Å². The van der Waals surface area contributed by atoms with Gasteiger partial charge in [0.25, 0.3) is 5.91 Å². The van der Waals surface area contributed by atoms with E-state index in [0.717, 1.165) is 6.21 Å². The van der Waals surface area contributed by atoms with Gasteiger partial charge in [-0.05, 0) is 30.3 Å². The highest BCUT2D eigenvalue weighted by atomic mass is 35.5. The maximum Gasteiger partial charge on any atom is 0.289 e. The van der Waals surface area contributed by atoms with E-state index in [-0.39, 0.29) is 16.3 Å². The van der Waals surface area contributed by atoms with Gasteiger partial charge in [-0.3, -0.25) is 9.89 Å². The van der Waals surface area contributed by atoms with Gasteiger partial charge in [0, 0.05) is 11.1 Å². The Bertz CT molecular complexity index is 983. The van der Waals surface area contributed by atoms with E-state index < -0.39 is 11.7 Å². The molecule has 5 nitrogen and oxygen atoms in total. The first-order valence-electron chi connectivity index (χ1n) is 7.24. The topological polar surface area (TPSA) is 70.1 Å². The molecule has 3 rings (SSSR count). The lowest BCUT2D eigenvalue weighted by atomic mass is 10.1. The monoisotopic (exact) mass is 410 g/mol. The molecule has 26 heavy (non-hydrogen) atoms. The van der Waals surface area contributed by atoms with Crippen LogP contribution in [0.3, 0.4) is 0 Å². The van der Waals surface area contributed by atoms with Crippen molar-refractivity contribution in [2.75, 3.05) is 0 Å². The van der Waals surface area contributed by atoms with Gasteiger partial charge in [0.2, 0.25) is 0 Å². The number of carbonyl (C=O) groups is 1. The van der Waals surface area contributed by atoms with Crippen molar-refractivity contribution >= 4 is 46.9 Å². The minimum atomic E-state index is -0.549. The molecule has 0 fully saturated rings. The molecule has 1 aromatic heterocycles. The van der Waals surface area contributed by atoms with Crippen molar-refractivity contribution < 1.29 is 9.18 Å². The summed E-state index contributed by atoms with van der Waals surface area (Å²) in [6.07, 6.45) is 1.13. The number of hydrogen-bond acceptors (Lipinski definition) is 3. The van der Waals surface area contributed by atoms with Gasteiger partial charge in [-0.2, -0.15) is 10.2 Å². The normalized spacial score (nSPS) is 11.1. The highest BCUT2D eigenvalue weighted by Crippen LogP contribution is 2.27. The number of nitrogens with zero attached hydrogens (tertiary/aromatic N) is 2. The molecule has 0 bridgehead atoms. The quantitative estimate of drug-likeness (QED) is 0.471. The average molecular weight is 412 g/mol. The highest BCUT2D eigenvalue weighted by Gasteiger charge is 2.12. The Balaban J connectivity index is 1.72. The summed E-state index contributed by atoms with van der Waals surface area (Å²) in [6.45, 7) is 0. The first-order valence-corrected chi connectivity index (χ1v) is 8.37. The SMILES string of the molecule is O=C(NN=Cc1c(F)cccc1Cl)c1cc(-c2ccc(Cl)c(Cl)c2)n[nH]1. The molecule has 1 heterocycles. The van der Waals surface area contributed by atoms with Crippen LogP contribution >= 0.6 is 34.8 Å². The fourth-order valence-corrected chi connectivity index (χ4v) is 2.60. The number of aromatic nitrogens is 2. The number of benzene rings is 2. The van der Waals surface area contributed by atoms with Gasteiger partial charge in [0.1, 0.15) is 11.5 Å². The van der Waals surface area contributed by atoms with E-state index in [1.54, 1.807) is 18.2 Å². The van der Waals surface area contributed by atoms with E-state index >= 15 is 0 Å². The first-order chi connectivity index (χ1) is 12.5. The van der Waals surface area contributed by atoms with Gasteiger partial charge in [-0.25, -0.2) is 9.82 Å². The number of hydrogen-bond donors (Lipinski definition) is 2. The third-order valence-electron chi connectivity index (χ3n) is 3.40. The molecule has 0 aliphatic heterocycles. The molecule has 2 aromatic carbocycles. The third kappa shape index (κ3) is 4.04. The predicted octanol–water partition coefficient (Wildman–Crippen LogP) is 4.94.